The minimum absolute atomic E-state index is 0.104. The van der Waals surface area contributed by atoms with Gasteiger partial charge in [0.25, 0.3) is 5.91 Å². The van der Waals surface area contributed by atoms with E-state index >= 15 is 0 Å². The van der Waals surface area contributed by atoms with E-state index in [4.69, 9.17) is 4.52 Å². The lowest BCUT2D eigenvalue weighted by Gasteiger charge is -2.34. The normalized spacial score (nSPS) is 17.8. The van der Waals surface area contributed by atoms with E-state index in [2.05, 4.69) is 25.9 Å². The molecule has 11 heteroatoms. The third-order valence-electron chi connectivity index (χ3n) is 5.80. The number of aromatic nitrogens is 4. The number of rotatable bonds is 8. The maximum absolute atomic E-state index is 12.9. The summed E-state index contributed by atoms with van der Waals surface area (Å²) in [6.45, 7) is 0.456. The van der Waals surface area contributed by atoms with Gasteiger partial charge in [-0.05, 0) is 30.4 Å². The van der Waals surface area contributed by atoms with Crippen molar-refractivity contribution in [2.75, 3.05) is 0 Å². The summed E-state index contributed by atoms with van der Waals surface area (Å²) in [7, 11) is 0. The largest absolute Gasteiger partial charge is 0.364 e. The van der Waals surface area contributed by atoms with Crippen LogP contribution in [0.1, 0.15) is 65.3 Å². The first-order chi connectivity index (χ1) is 15.4. The van der Waals surface area contributed by atoms with E-state index in [-0.39, 0.29) is 50.1 Å². The van der Waals surface area contributed by atoms with Gasteiger partial charge in [0.2, 0.25) is 11.8 Å². The molecule has 0 aliphatic heterocycles. The molecule has 0 aromatic carbocycles. The summed E-state index contributed by atoms with van der Waals surface area (Å²) in [5, 5.41) is 13.8. The van der Waals surface area contributed by atoms with Crippen molar-refractivity contribution in [2.45, 2.75) is 57.0 Å². The summed E-state index contributed by atoms with van der Waals surface area (Å²) in [6.07, 6.45) is 6.38. The fourth-order valence-corrected chi connectivity index (χ4v) is 3.94. The van der Waals surface area contributed by atoms with Gasteiger partial charge in [-0.2, -0.15) is 5.10 Å². The average Bonchev–Trinajstić information content (AvgIpc) is 3.31. The van der Waals surface area contributed by atoms with Crippen molar-refractivity contribution in [1.82, 2.24) is 30.4 Å². The van der Waals surface area contributed by atoms with Crippen molar-refractivity contribution >= 4 is 17.5 Å². The van der Waals surface area contributed by atoms with Gasteiger partial charge in [-0.15, -0.1) is 0 Å². The Morgan fingerprint density at radius 1 is 1.22 bits per heavy atom. The number of hydrogen-bond acceptors (Lipinski definition) is 6. The van der Waals surface area contributed by atoms with Gasteiger partial charge in [0.05, 0.1) is 30.3 Å². The highest BCUT2D eigenvalue weighted by atomic mass is 19.3. The zero-order valence-corrected chi connectivity index (χ0v) is 17.2. The number of fused-ring (bicyclic) bond motifs is 1. The van der Waals surface area contributed by atoms with Crippen molar-refractivity contribution in [3.05, 3.63) is 47.2 Å². The van der Waals surface area contributed by atoms with Crippen LogP contribution in [0.3, 0.4) is 0 Å². The molecule has 2 aliphatic carbocycles. The standard InChI is InChI=1S/C21H22F2N6O3/c22-21(23)5-12(6-21)4-18(30)24-7-13-3-17-27-15(10-29(17)26-8-13)9-25-20(31)16-11-32-28-19(16)14-1-2-14/h3,8,10-12,14H,1-2,4-7,9H2,(H,24,30)(H,25,31). The van der Waals surface area contributed by atoms with E-state index in [0.717, 1.165) is 18.4 Å². The van der Waals surface area contributed by atoms with E-state index < -0.39 is 5.92 Å². The summed E-state index contributed by atoms with van der Waals surface area (Å²) in [5.74, 6) is -3.08. The van der Waals surface area contributed by atoms with Gasteiger partial charge in [0.1, 0.15) is 11.8 Å². The third-order valence-corrected chi connectivity index (χ3v) is 5.80. The van der Waals surface area contributed by atoms with Crippen LogP contribution in [0.2, 0.25) is 0 Å². The molecule has 32 heavy (non-hydrogen) atoms. The number of nitrogens with zero attached hydrogens (tertiary/aromatic N) is 4. The van der Waals surface area contributed by atoms with Gasteiger partial charge in [0, 0.05) is 31.7 Å². The SMILES string of the molecule is O=C(CC1CC(F)(F)C1)NCc1cnn2cc(CNC(=O)c3conc3C3CC3)nc2c1. The maximum atomic E-state index is 12.9. The molecule has 0 spiro atoms. The van der Waals surface area contributed by atoms with Crippen molar-refractivity contribution in [1.29, 1.82) is 0 Å². The van der Waals surface area contributed by atoms with Gasteiger partial charge in [-0.25, -0.2) is 18.3 Å². The Bertz CT molecular complexity index is 1160. The molecular weight excluding hydrogens is 422 g/mol. The first kappa shape index (κ1) is 20.5. The van der Waals surface area contributed by atoms with Gasteiger partial charge < -0.3 is 15.2 Å². The minimum Gasteiger partial charge on any atom is -0.364 e. The predicted octanol–water partition coefficient (Wildman–Crippen LogP) is 2.58. The lowest BCUT2D eigenvalue weighted by Crippen LogP contribution is -2.38. The highest BCUT2D eigenvalue weighted by molar-refractivity contribution is 5.95. The molecule has 9 nitrogen and oxygen atoms in total. The summed E-state index contributed by atoms with van der Waals surface area (Å²) in [5.41, 5.74) is 3.10. The number of halogens is 2. The molecule has 0 bridgehead atoms. The molecular formula is C21H22F2N6O3. The third kappa shape index (κ3) is 4.46. The van der Waals surface area contributed by atoms with Crippen LogP contribution in [-0.2, 0) is 17.9 Å². The average molecular weight is 444 g/mol. The predicted molar refractivity (Wildman–Crippen MR) is 107 cm³/mol. The van der Waals surface area contributed by atoms with Crippen molar-refractivity contribution < 1.29 is 22.9 Å². The van der Waals surface area contributed by atoms with E-state index in [9.17, 15) is 18.4 Å². The molecule has 168 valence electrons. The molecule has 5 rings (SSSR count). The molecule has 3 aromatic heterocycles. The Labute approximate surface area is 181 Å². The van der Waals surface area contributed by atoms with Crippen LogP contribution < -0.4 is 10.6 Å². The van der Waals surface area contributed by atoms with Gasteiger partial charge >= 0.3 is 0 Å². The fourth-order valence-electron chi connectivity index (χ4n) is 3.94. The number of carbonyl (C=O) groups excluding carboxylic acids is 2. The van der Waals surface area contributed by atoms with Crippen LogP contribution in [0.25, 0.3) is 5.65 Å². The van der Waals surface area contributed by atoms with Gasteiger partial charge in [-0.3, -0.25) is 9.59 Å². The molecule has 0 atom stereocenters. The number of carbonyl (C=O) groups is 2. The van der Waals surface area contributed by atoms with E-state index in [1.807, 2.05) is 0 Å². The highest BCUT2D eigenvalue weighted by Crippen LogP contribution is 2.44. The molecule has 3 aromatic rings. The molecule has 2 fully saturated rings. The van der Waals surface area contributed by atoms with E-state index in [1.54, 1.807) is 23.0 Å². The summed E-state index contributed by atoms with van der Waals surface area (Å²) >= 11 is 0. The van der Waals surface area contributed by atoms with Crippen LogP contribution in [0.4, 0.5) is 8.78 Å². The Kier molecular flexibility index (Phi) is 5.10. The topological polar surface area (TPSA) is 114 Å². The molecule has 0 saturated heterocycles. The molecule has 0 radical (unpaired) electrons. The smallest absolute Gasteiger partial charge is 0.256 e. The molecule has 2 saturated carbocycles. The number of imidazole rings is 1. The number of alkyl halides is 2. The number of nitrogens with one attached hydrogen (secondary N) is 2. The van der Waals surface area contributed by atoms with Crippen molar-refractivity contribution in [3.8, 4) is 0 Å². The van der Waals surface area contributed by atoms with E-state index in [1.165, 1.54) is 6.26 Å². The van der Waals surface area contributed by atoms with Crippen LogP contribution >= 0.6 is 0 Å². The maximum Gasteiger partial charge on any atom is 0.256 e. The van der Waals surface area contributed by atoms with Crippen LogP contribution in [0.15, 0.2) is 29.2 Å². The van der Waals surface area contributed by atoms with Crippen LogP contribution in [-0.4, -0.2) is 37.5 Å². The van der Waals surface area contributed by atoms with Gasteiger partial charge in [-0.1, -0.05) is 5.16 Å². The number of amides is 2. The zero-order chi connectivity index (χ0) is 22.3. The Morgan fingerprint density at radius 3 is 2.78 bits per heavy atom. The first-order valence-corrected chi connectivity index (χ1v) is 10.6. The monoisotopic (exact) mass is 444 g/mol. The lowest BCUT2D eigenvalue weighted by molar-refractivity contribution is -0.133. The van der Waals surface area contributed by atoms with Gasteiger partial charge in [0.15, 0.2) is 5.65 Å². The minimum atomic E-state index is -2.62. The Balaban J connectivity index is 1.15. The lowest BCUT2D eigenvalue weighted by atomic mass is 9.79. The Morgan fingerprint density at radius 2 is 2.03 bits per heavy atom. The molecule has 2 aliphatic rings. The molecule has 3 heterocycles. The molecule has 2 N–H and O–H groups in total. The van der Waals surface area contributed by atoms with Crippen molar-refractivity contribution in [3.63, 3.8) is 0 Å². The van der Waals surface area contributed by atoms with Crippen LogP contribution in [0.5, 0.6) is 0 Å². The van der Waals surface area contributed by atoms with Crippen molar-refractivity contribution in [2.24, 2.45) is 5.92 Å². The zero-order valence-electron chi connectivity index (χ0n) is 17.2. The summed E-state index contributed by atoms with van der Waals surface area (Å²) in [4.78, 5) is 28.9. The molecule has 0 unspecified atom stereocenters. The summed E-state index contributed by atoms with van der Waals surface area (Å²) in [6, 6.07) is 1.78. The second-order valence-electron chi connectivity index (χ2n) is 8.58. The second kappa shape index (κ2) is 7.95. The second-order valence-corrected chi connectivity index (χ2v) is 8.58. The summed E-state index contributed by atoms with van der Waals surface area (Å²) < 4.78 is 32.3. The van der Waals surface area contributed by atoms with E-state index in [0.29, 0.717) is 28.5 Å². The molecule has 2 amide bonds. The van der Waals surface area contributed by atoms with Crippen LogP contribution in [0, 0.1) is 5.92 Å². The fraction of sp³-hybridized carbons (Fsp3) is 0.476. The highest BCUT2D eigenvalue weighted by Gasteiger charge is 2.45. The number of hydrogen-bond donors (Lipinski definition) is 2. The first-order valence-electron chi connectivity index (χ1n) is 10.6. The quantitative estimate of drug-likeness (QED) is 0.552. The Hall–Kier alpha value is -3.37.